The van der Waals surface area contributed by atoms with Crippen LogP contribution in [0.4, 0.5) is 0 Å². The molecule has 2 nitrogen and oxygen atoms in total. The summed E-state index contributed by atoms with van der Waals surface area (Å²) in [5, 5.41) is 2.24. The molecule has 1 saturated heterocycles. The number of aryl methyl sites for hydroxylation is 1. The van der Waals surface area contributed by atoms with E-state index in [1.165, 1.54) is 12.8 Å². The van der Waals surface area contributed by atoms with E-state index in [1.54, 1.807) is 0 Å². The van der Waals surface area contributed by atoms with Gasteiger partial charge in [-0.2, -0.15) is 0 Å². The average Bonchev–Trinajstić information content (AvgIpc) is 2.47. The topological polar surface area (TPSA) is 20.3 Å². The second-order valence-corrected chi connectivity index (χ2v) is 6.38. The Balaban J connectivity index is 1.89. The SMILES string of the molecule is Cc1ccc2ccccc2c1C(=O)CN1CCCC(C)C1. The fraction of sp³-hybridized carbons (Fsp3) is 0.421. The summed E-state index contributed by atoms with van der Waals surface area (Å²) in [6.07, 6.45) is 2.50. The summed E-state index contributed by atoms with van der Waals surface area (Å²) in [6, 6.07) is 12.3. The molecule has 21 heavy (non-hydrogen) atoms. The van der Waals surface area contributed by atoms with Crippen LogP contribution < -0.4 is 0 Å². The number of rotatable bonds is 3. The molecule has 0 radical (unpaired) electrons. The van der Waals surface area contributed by atoms with Gasteiger partial charge in [0.25, 0.3) is 0 Å². The van der Waals surface area contributed by atoms with Crippen molar-refractivity contribution in [2.45, 2.75) is 26.7 Å². The number of likely N-dealkylation sites (tertiary alicyclic amines) is 1. The van der Waals surface area contributed by atoms with Crippen molar-refractivity contribution in [3.05, 3.63) is 47.5 Å². The zero-order valence-electron chi connectivity index (χ0n) is 12.9. The lowest BCUT2D eigenvalue weighted by atomic mass is 9.95. The minimum atomic E-state index is 0.262. The average molecular weight is 281 g/mol. The molecular formula is C19H23NO. The first kappa shape index (κ1) is 14.3. The molecule has 0 N–H and O–H groups in total. The van der Waals surface area contributed by atoms with Gasteiger partial charge in [0.05, 0.1) is 6.54 Å². The van der Waals surface area contributed by atoms with E-state index in [-0.39, 0.29) is 5.78 Å². The van der Waals surface area contributed by atoms with Crippen LogP contribution in [0.5, 0.6) is 0 Å². The molecule has 0 aliphatic carbocycles. The number of ketones is 1. The molecule has 1 aliphatic rings. The minimum absolute atomic E-state index is 0.262. The maximum atomic E-state index is 12.8. The van der Waals surface area contributed by atoms with Crippen molar-refractivity contribution in [2.75, 3.05) is 19.6 Å². The van der Waals surface area contributed by atoms with Gasteiger partial charge in [0, 0.05) is 12.1 Å². The fourth-order valence-corrected chi connectivity index (χ4v) is 3.46. The van der Waals surface area contributed by atoms with Crippen molar-refractivity contribution in [3.63, 3.8) is 0 Å². The molecule has 1 aliphatic heterocycles. The Morgan fingerprint density at radius 2 is 2.05 bits per heavy atom. The van der Waals surface area contributed by atoms with Crippen LogP contribution in [0, 0.1) is 12.8 Å². The number of piperidine rings is 1. The first-order valence-corrected chi connectivity index (χ1v) is 7.89. The molecule has 0 saturated carbocycles. The zero-order chi connectivity index (χ0) is 14.8. The maximum Gasteiger partial charge on any atom is 0.177 e. The number of carbonyl (C=O) groups is 1. The maximum absolute atomic E-state index is 12.8. The van der Waals surface area contributed by atoms with Crippen molar-refractivity contribution >= 4 is 16.6 Å². The van der Waals surface area contributed by atoms with Crippen molar-refractivity contribution < 1.29 is 4.79 Å². The summed E-state index contributed by atoms with van der Waals surface area (Å²) in [7, 11) is 0. The van der Waals surface area contributed by atoms with E-state index in [0.717, 1.165) is 35.0 Å². The molecule has 1 unspecified atom stereocenters. The smallest absolute Gasteiger partial charge is 0.177 e. The number of nitrogens with zero attached hydrogens (tertiary/aromatic N) is 1. The van der Waals surface area contributed by atoms with Gasteiger partial charge < -0.3 is 0 Å². The van der Waals surface area contributed by atoms with Crippen molar-refractivity contribution in [1.82, 2.24) is 4.90 Å². The van der Waals surface area contributed by atoms with Crippen LogP contribution >= 0.6 is 0 Å². The minimum Gasteiger partial charge on any atom is -0.296 e. The third-order valence-electron chi connectivity index (χ3n) is 4.52. The summed E-state index contributed by atoms with van der Waals surface area (Å²) in [4.78, 5) is 15.1. The summed E-state index contributed by atoms with van der Waals surface area (Å²) >= 11 is 0. The normalized spacial score (nSPS) is 19.8. The monoisotopic (exact) mass is 281 g/mol. The highest BCUT2D eigenvalue weighted by atomic mass is 16.1. The van der Waals surface area contributed by atoms with Gasteiger partial charge in [0.1, 0.15) is 0 Å². The highest BCUT2D eigenvalue weighted by Crippen LogP contribution is 2.24. The highest BCUT2D eigenvalue weighted by Gasteiger charge is 2.21. The van der Waals surface area contributed by atoms with Gasteiger partial charge in [-0.15, -0.1) is 0 Å². The number of hydrogen-bond donors (Lipinski definition) is 0. The zero-order valence-corrected chi connectivity index (χ0v) is 12.9. The summed E-state index contributed by atoms with van der Waals surface area (Å²) in [5.74, 6) is 0.971. The number of benzene rings is 2. The predicted molar refractivity (Wildman–Crippen MR) is 87.9 cm³/mol. The Morgan fingerprint density at radius 3 is 2.86 bits per heavy atom. The molecule has 0 amide bonds. The van der Waals surface area contributed by atoms with E-state index in [1.807, 2.05) is 19.1 Å². The molecule has 0 bridgehead atoms. The molecular weight excluding hydrogens is 258 g/mol. The number of hydrogen-bond acceptors (Lipinski definition) is 2. The van der Waals surface area contributed by atoms with Gasteiger partial charge in [-0.05, 0) is 48.6 Å². The molecule has 110 valence electrons. The first-order valence-electron chi connectivity index (χ1n) is 7.89. The highest BCUT2D eigenvalue weighted by molar-refractivity contribution is 6.10. The van der Waals surface area contributed by atoms with E-state index in [2.05, 4.69) is 36.1 Å². The first-order chi connectivity index (χ1) is 10.1. The van der Waals surface area contributed by atoms with E-state index in [4.69, 9.17) is 0 Å². The second kappa shape index (κ2) is 5.98. The van der Waals surface area contributed by atoms with Crippen LogP contribution in [0.1, 0.15) is 35.7 Å². The van der Waals surface area contributed by atoms with Crippen LogP contribution in [0.25, 0.3) is 10.8 Å². The molecule has 1 heterocycles. The van der Waals surface area contributed by atoms with Gasteiger partial charge in [-0.25, -0.2) is 0 Å². The molecule has 1 fully saturated rings. The number of fused-ring (bicyclic) bond motifs is 1. The summed E-state index contributed by atoms with van der Waals surface area (Å²) < 4.78 is 0. The van der Waals surface area contributed by atoms with Gasteiger partial charge in [0.15, 0.2) is 5.78 Å². The molecule has 3 rings (SSSR count). The van der Waals surface area contributed by atoms with Gasteiger partial charge >= 0.3 is 0 Å². The number of Topliss-reactive ketones (excluding diaryl/α,β-unsaturated/α-hetero) is 1. The van der Waals surface area contributed by atoms with Crippen molar-refractivity contribution in [2.24, 2.45) is 5.92 Å². The van der Waals surface area contributed by atoms with Crippen molar-refractivity contribution in [1.29, 1.82) is 0 Å². The van der Waals surface area contributed by atoms with E-state index in [0.29, 0.717) is 12.5 Å². The Kier molecular flexibility index (Phi) is 4.07. The molecule has 2 aromatic rings. The lowest BCUT2D eigenvalue weighted by Crippen LogP contribution is -2.38. The van der Waals surface area contributed by atoms with Crippen LogP contribution in [-0.2, 0) is 0 Å². The molecule has 0 aromatic heterocycles. The Hall–Kier alpha value is -1.67. The van der Waals surface area contributed by atoms with Gasteiger partial charge in [-0.1, -0.05) is 43.3 Å². The third kappa shape index (κ3) is 3.01. The van der Waals surface area contributed by atoms with E-state index in [9.17, 15) is 4.79 Å². The second-order valence-electron chi connectivity index (χ2n) is 6.38. The third-order valence-corrected chi connectivity index (χ3v) is 4.52. The largest absolute Gasteiger partial charge is 0.296 e. The van der Waals surface area contributed by atoms with Gasteiger partial charge in [-0.3, -0.25) is 9.69 Å². The van der Waals surface area contributed by atoms with E-state index >= 15 is 0 Å². The van der Waals surface area contributed by atoms with Crippen LogP contribution in [0.15, 0.2) is 36.4 Å². The quantitative estimate of drug-likeness (QED) is 0.791. The Labute approximate surface area is 126 Å². The summed E-state index contributed by atoms with van der Waals surface area (Å²) in [5.41, 5.74) is 2.00. The Morgan fingerprint density at radius 1 is 1.24 bits per heavy atom. The predicted octanol–water partition coefficient (Wildman–Crippen LogP) is 4.06. The molecule has 2 heteroatoms. The lowest BCUT2D eigenvalue weighted by Gasteiger charge is -2.30. The van der Waals surface area contributed by atoms with Crippen LogP contribution in [-0.4, -0.2) is 30.3 Å². The van der Waals surface area contributed by atoms with Crippen molar-refractivity contribution in [3.8, 4) is 0 Å². The standard InChI is InChI=1S/C19H23NO/c1-14-6-5-11-20(12-14)13-18(21)19-15(2)9-10-16-7-3-4-8-17(16)19/h3-4,7-10,14H,5-6,11-13H2,1-2H3. The molecule has 1 atom stereocenters. The van der Waals surface area contributed by atoms with E-state index < -0.39 is 0 Å². The van der Waals surface area contributed by atoms with Crippen LogP contribution in [0.2, 0.25) is 0 Å². The molecule has 0 spiro atoms. The lowest BCUT2D eigenvalue weighted by molar-refractivity contribution is 0.0894. The van der Waals surface area contributed by atoms with Crippen LogP contribution in [0.3, 0.4) is 0 Å². The summed E-state index contributed by atoms with van der Waals surface area (Å²) in [6.45, 7) is 6.98. The molecule has 2 aromatic carbocycles. The number of carbonyl (C=O) groups excluding carboxylic acids is 1. The fourth-order valence-electron chi connectivity index (χ4n) is 3.46. The Bertz CT molecular complexity index is 662. The van der Waals surface area contributed by atoms with Gasteiger partial charge in [0.2, 0.25) is 0 Å².